The zero-order chi connectivity index (χ0) is 9.26. The highest BCUT2D eigenvalue weighted by atomic mass is 32.1. The van der Waals surface area contributed by atoms with Crippen LogP contribution in [0, 0.1) is 12.7 Å². The molecule has 2 aromatic rings. The molecule has 0 atom stereocenters. The number of aromatic nitrogens is 1. The van der Waals surface area contributed by atoms with Crippen molar-refractivity contribution in [3.8, 4) is 10.4 Å². The molecule has 0 saturated carbocycles. The molecule has 0 spiro atoms. The van der Waals surface area contributed by atoms with Crippen molar-refractivity contribution >= 4 is 11.3 Å². The molecule has 0 aliphatic carbocycles. The highest BCUT2D eigenvalue weighted by molar-refractivity contribution is 7.15. The van der Waals surface area contributed by atoms with Gasteiger partial charge in [-0.25, -0.2) is 9.37 Å². The van der Waals surface area contributed by atoms with Gasteiger partial charge in [0.25, 0.3) is 0 Å². The van der Waals surface area contributed by atoms with E-state index < -0.39 is 0 Å². The summed E-state index contributed by atoms with van der Waals surface area (Å²) in [6.45, 7) is 3.68. The van der Waals surface area contributed by atoms with Crippen LogP contribution in [0.25, 0.3) is 10.4 Å². The monoisotopic (exact) mass is 192 g/mol. The van der Waals surface area contributed by atoms with Gasteiger partial charge >= 0.3 is 0 Å². The van der Waals surface area contributed by atoms with E-state index in [4.69, 9.17) is 0 Å². The number of hydrogen-bond acceptors (Lipinski definition) is 2. The Kier molecular flexibility index (Phi) is 2.10. The third-order valence-electron chi connectivity index (χ3n) is 1.69. The first kappa shape index (κ1) is 8.38. The van der Waals surface area contributed by atoms with E-state index in [0.29, 0.717) is 10.6 Å². The van der Waals surface area contributed by atoms with E-state index in [-0.39, 0.29) is 5.82 Å². The molecule has 13 heavy (non-hydrogen) atoms. The van der Waals surface area contributed by atoms with Crippen LogP contribution in [0.3, 0.4) is 0 Å². The lowest BCUT2D eigenvalue weighted by Crippen LogP contribution is -1.78. The first-order valence-corrected chi connectivity index (χ1v) is 4.62. The van der Waals surface area contributed by atoms with Crippen molar-refractivity contribution in [2.45, 2.75) is 0 Å². The maximum Gasteiger partial charge on any atom is 0.131 e. The van der Waals surface area contributed by atoms with Gasteiger partial charge in [-0.15, -0.1) is 11.3 Å². The lowest BCUT2D eigenvalue weighted by Gasteiger charge is -1.96. The second kappa shape index (κ2) is 3.26. The molecule has 1 aromatic heterocycles. The van der Waals surface area contributed by atoms with Gasteiger partial charge in [-0.1, -0.05) is 18.2 Å². The SMILES string of the molecule is [CH2]c1ncc(-c2ccccc2F)s1. The minimum absolute atomic E-state index is 0.217. The number of nitrogens with zero attached hydrogens (tertiary/aromatic N) is 1. The summed E-state index contributed by atoms with van der Waals surface area (Å²) in [5, 5.41) is 0.707. The molecule has 1 heterocycles. The zero-order valence-corrected chi connectivity index (χ0v) is 7.64. The molecule has 0 aliphatic rings. The first-order valence-electron chi connectivity index (χ1n) is 3.80. The van der Waals surface area contributed by atoms with Crippen LogP contribution in [0.15, 0.2) is 30.5 Å². The van der Waals surface area contributed by atoms with E-state index >= 15 is 0 Å². The van der Waals surface area contributed by atoms with Crippen molar-refractivity contribution in [1.29, 1.82) is 0 Å². The number of halogens is 1. The molecule has 0 fully saturated rings. The van der Waals surface area contributed by atoms with Gasteiger partial charge in [-0.2, -0.15) is 0 Å². The molecular weight excluding hydrogens is 185 g/mol. The van der Waals surface area contributed by atoms with Gasteiger partial charge in [-0.3, -0.25) is 0 Å². The van der Waals surface area contributed by atoms with Crippen LogP contribution in [-0.4, -0.2) is 4.98 Å². The fourth-order valence-electron chi connectivity index (χ4n) is 1.10. The van der Waals surface area contributed by atoms with Crippen molar-refractivity contribution in [3.63, 3.8) is 0 Å². The summed E-state index contributed by atoms with van der Waals surface area (Å²) in [6.07, 6.45) is 1.64. The molecule has 65 valence electrons. The van der Waals surface area contributed by atoms with Crippen LogP contribution in [0.2, 0.25) is 0 Å². The van der Waals surface area contributed by atoms with E-state index in [1.807, 2.05) is 0 Å². The third-order valence-corrected chi connectivity index (χ3v) is 2.58. The number of thiazole rings is 1. The normalized spacial score (nSPS) is 10.3. The highest BCUT2D eigenvalue weighted by Gasteiger charge is 2.05. The van der Waals surface area contributed by atoms with Gasteiger partial charge in [-0.05, 0) is 6.07 Å². The summed E-state index contributed by atoms with van der Waals surface area (Å²) in [6, 6.07) is 6.66. The largest absolute Gasteiger partial charge is 0.249 e. The zero-order valence-electron chi connectivity index (χ0n) is 6.83. The average Bonchev–Trinajstić information content (AvgIpc) is 2.53. The lowest BCUT2D eigenvalue weighted by molar-refractivity contribution is 0.631. The third kappa shape index (κ3) is 1.60. The van der Waals surface area contributed by atoms with Crippen LogP contribution in [0.5, 0.6) is 0 Å². The van der Waals surface area contributed by atoms with Gasteiger partial charge in [0.2, 0.25) is 0 Å². The summed E-state index contributed by atoms with van der Waals surface area (Å²) < 4.78 is 13.2. The first-order chi connectivity index (χ1) is 6.27. The van der Waals surface area contributed by atoms with Gasteiger partial charge in [0, 0.05) is 18.7 Å². The Hall–Kier alpha value is -1.22. The van der Waals surface area contributed by atoms with Crippen molar-refractivity contribution in [2.75, 3.05) is 0 Å². The summed E-state index contributed by atoms with van der Waals surface area (Å²) in [5.41, 5.74) is 0.592. The van der Waals surface area contributed by atoms with Crippen LogP contribution >= 0.6 is 11.3 Å². The molecule has 0 amide bonds. The molecule has 0 bridgehead atoms. The molecular formula is C10H7FNS. The topological polar surface area (TPSA) is 12.9 Å². The maximum atomic E-state index is 13.2. The Labute approximate surface area is 79.9 Å². The van der Waals surface area contributed by atoms with E-state index in [0.717, 1.165) is 4.88 Å². The fraction of sp³-hybridized carbons (Fsp3) is 0. The summed E-state index contributed by atoms with van der Waals surface area (Å²) in [5.74, 6) is -0.217. The number of benzene rings is 1. The van der Waals surface area contributed by atoms with Crippen LogP contribution in [0.4, 0.5) is 4.39 Å². The van der Waals surface area contributed by atoms with Gasteiger partial charge in [0.15, 0.2) is 0 Å². The van der Waals surface area contributed by atoms with E-state index in [1.165, 1.54) is 17.4 Å². The molecule has 1 nitrogen and oxygen atoms in total. The molecule has 0 N–H and O–H groups in total. The molecule has 0 aliphatic heterocycles. The summed E-state index contributed by atoms with van der Waals surface area (Å²) >= 11 is 1.39. The van der Waals surface area contributed by atoms with Gasteiger partial charge in [0.05, 0.1) is 9.88 Å². The Morgan fingerprint density at radius 3 is 2.69 bits per heavy atom. The van der Waals surface area contributed by atoms with E-state index in [2.05, 4.69) is 11.9 Å². The maximum absolute atomic E-state index is 13.2. The highest BCUT2D eigenvalue weighted by Crippen LogP contribution is 2.27. The lowest BCUT2D eigenvalue weighted by atomic mass is 10.2. The predicted molar refractivity (Wildman–Crippen MR) is 52.0 cm³/mol. The fourth-order valence-corrected chi connectivity index (χ4v) is 1.84. The average molecular weight is 192 g/mol. The minimum Gasteiger partial charge on any atom is -0.249 e. The van der Waals surface area contributed by atoms with E-state index in [9.17, 15) is 4.39 Å². The Morgan fingerprint density at radius 1 is 1.31 bits per heavy atom. The minimum atomic E-state index is -0.217. The van der Waals surface area contributed by atoms with Crippen molar-refractivity contribution in [3.05, 3.63) is 48.2 Å². The number of rotatable bonds is 1. The smallest absolute Gasteiger partial charge is 0.131 e. The van der Waals surface area contributed by atoms with Crippen molar-refractivity contribution < 1.29 is 4.39 Å². The summed E-state index contributed by atoms with van der Waals surface area (Å²) in [4.78, 5) is 4.80. The van der Waals surface area contributed by atoms with Gasteiger partial charge < -0.3 is 0 Å². The van der Waals surface area contributed by atoms with Crippen LogP contribution < -0.4 is 0 Å². The molecule has 1 aromatic carbocycles. The van der Waals surface area contributed by atoms with Crippen molar-refractivity contribution in [1.82, 2.24) is 4.98 Å². The molecule has 0 unspecified atom stereocenters. The van der Waals surface area contributed by atoms with Crippen molar-refractivity contribution in [2.24, 2.45) is 0 Å². The standard InChI is InChI=1S/C10H7FNS/c1-7-12-6-10(13-7)8-4-2-3-5-9(8)11/h2-6H,1H2. The Bertz CT molecular complexity index is 422. The molecule has 2 rings (SSSR count). The van der Waals surface area contributed by atoms with Crippen LogP contribution in [-0.2, 0) is 0 Å². The number of hydrogen-bond donors (Lipinski definition) is 0. The Balaban J connectivity index is 2.52. The second-order valence-electron chi connectivity index (χ2n) is 2.60. The van der Waals surface area contributed by atoms with Gasteiger partial charge in [0.1, 0.15) is 5.82 Å². The molecule has 0 saturated heterocycles. The quantitative estimate of drug-likeness (QED) is 0.676. The summed E-state index contributed by atoms with van der Waals surface area (Å²) in [7, 11) is 0. The molecule has 3 heteroatoms. The molecule has 1 radical (unpaired) electrons. The predicted octanol–water partition coefficient (Wildman–Crippen LogP) is 3.13. The van der Waals surface area contributed by atoms with Crippen LogP contribution in [0.1, 0.15) is 5.01 Å². The Morgan fingerprint density at radius 2 is 2.08 bits per heavy atom. The van der Waals surface area contributed by atoms with E-state index in [1.54, 1.807) is 24.4 Å². The second-order valence-corrected chi connectivity index (χ2v) is 3.71.